The molecule has 0 radical (unpaired) electrons. The number of rotatable bonds is 3. The van der Waals surface area contributed by atoms with Gasteiger partial charge in [-0.3, -0.25) is 0 Å². The van der Waals surface area contributed by atoms with Crippen molar-refractivity contribution in [1.82, 2.24) is 14.3 Å². The largest absolute Gasteiger partial charge is 0.341 e. The van der Waals surface area contributed by atoms with Crippen LogP contribution in [0, 0.1) is 5.92 Å². The van der Waals surface area contributed by atoms with Gasteiger partial charge >= 0.3 is 0 Å². The van der Waals surface area contributed by atoms with E-state index in [4.69, 9.17) is 4.98 Å². The lowest BCUT2D eigenvalue weighted by molar-refractivity contribution is 0.441. The van der Waals surface area contributed by atoms with Crippen LogP contribution in [-0.4, -0.2) is 68.3 Å². The second kappa shape index (κ2) is 6.66. The number of sulfone groups is 1. The van der Waals surface area contributed by atoms with Crippen LogP contribution >= 0.6 is 0 Å². The highest BCUT2D eigenvalue weighted by Crippen LogP contribution is 2.40. The van der Waals surface area contributed by atoms with Crippen molar-refractivity contribution in [1.29, 1.82) is 0 Å². The van der Waals surface area contributed by atoms with E-state index in [-0.39, 0.29) is 24.6 Å². The van der Waals surface area contributed by atoms with E-state index in [1.165, 1.54) is 10.7 Å². The fourth-order valence-electron chi connectivity index (χ4n) is 4.47. The number of aromatic nitrogens is 2. The number of hydrogen-bond donors (Lipinski definition) is 0. The molecule has 1 aromatic heterocycles. The van der Waals surface area contributed by atoms with Crippen LogP contribution in [-0.2, 0) is 25.6 Å². The standard InChI is InChI=1S/C17H26N4O4S2/c1-3-27(24,25)21-9-14-15(10-21)26(22,23)11-13-7-18-17(19-16(13)14)20-6-4-5-12(2)8-20/h7,12,14-15H,3-6,8-11H2,1-2H3/t12-,14+,15-/m1/s1. The van der Waals surface area contributed by atoms with Gasteiger partial charge in [0, 0.05) is 43.9 Å². The van der Waals surface area contributed by atoms with Crippen molar-refractivity contribution < 1.29 is 16.8 Å². The Morgan fingerprint density at radius 1 is 1.26 bits per heavy atom. The Hall–Kier alpha value is -1.26. The molecule has 2 fully saturated rings. The summed E-state index contributed by atoms with van der Waals surface area (Å²) in [5, 5.41) is -0.714. The predicted molar refractivity (Wildman–Crippen MR) is 103 cm³/mol. The summed E-state index contributed by atoms with van der Waals surface area (Å²) in [4.78, 5) is 11.3. The zero-order valence-corrected chi connectivity index (χ0v) is 17.3. The van der Waals surface area contributed by atoms with Gasteiger partial charge in [0.25, 0.3) is 0 Å². The third kappa shape index (κ3) is 3.36. The Morgan fingerprint density at radius 2 is 2.04 bits per heavy atom. The van der Waals surface area contributed by atoms with Crippen LogP contribution in [0.5, 0.6) is 0 Å². The lowest BCUT2D eigenvalue weighted by Gasteiger charge is -2.32. The molecule has 4 heterocycles. The monoisotopic (exact) mass is 414 g/mol. The Morgan fingerprint density at radius 3 is 2.74 bits per heavy atom. The van der Waals surface area contributed by atoms with Crippen LogP contribution < -0.4 is 4.90 Å². The molecule has 0 spiro atoms. The van der Waals surface area contributed by atoms with E-state index in [1.807, 2.05) is 0 Å². The van der Waals surface area contributed by atoms with Gasteiger partial charge in [0.05, 0.1) is 22.4 Å². The second-order valence-corrected chi connectivity index (χ2v) is 12.4. The Balaban J connectivity index is 1.71. The maximum atomic E-state index is 12.7. The molecular weight excluding hydrogens is 388 g/mol. The first-order chi connectivity index (χ1) is 12.7. The first-order valence-corrected chi connectivity index (χ1v) is 12.8. The minimum Gasteiger partial charge on any atom is -0.341 e. The first kappa shape index (κ1) is 19.1. The van der Waals surface area contributed by atoms with Gasteiger partial charge < -0.3 is 4.90 Å². The fraction of sp³-hybridized carbons (Fsp3) is 0.765. The van der Waals surface area contributed by atoms with E-state index in [9.17, 15) is 16.8 Å². The molecule has 8 nitrogen and oxygen atoms in total. The summed E-state index contributed by atoms with van der Waals surface area (Å²) in [6.45, 7) is 5.78. The molecule has 3 aliphatic rings. The van der Waals surface area contributed by atoms with E-state index < -0.39 is 31.0 Å². The number of piperidine rings is 1. The maximum Gasteiger partial charge on any atom is 0.225 e. The van der Waals surface area contributed by atoms with E-state index in [2.05, 4.69) is 16.8 Å². The van der Waals surface area contributed by atoms with Gasteiger partial charge in [-0.1, -0.05) is 6.92 Å². The molecule has 0 aliphatic carbocycles. The molecular formula is C17H26N4O4S2. The van der Waals surface area contributed by atoms with E-state index >= 15 is 0 Å². The number of sulfonamides is 1. The van der Waals surface area contributed by atoms with Gasteiger partial charge in [-0.25, -0.2) is 26.8 Å². The molecule has 4 rings (SSSR count). The van der Waals surface area contributed by atoms with Crippen molar-refractivity contribution in [3.8, 4) is 0 Å². The zero-order valence-electron chi connectivity index (χ0n) is 15.7. The number of fused-ring (bicyclic) bond motifs is 3. The molecule has 1 aromatic rings. The third-order valence-electron chi connectivity index (χ3n) is 5.99. The van der Waals surface area contributed by atoms with Crippen molar-refractivity contribution in [2.45, 2.75) is 43.6 Å². The van der Waals surface area contributed by atoms with Crippen LogP contribution in [0.15, 0.2) is 6.20 Å². The van der Waals surface area contributed by atoms with Gasteiger partial charge in [-0.05, 0) is 25.7 Å². The molecule has 0 aromatic carbocycles. The zero-order chi connectivity index (χ0) is 19.4. The molecule has 27 heavy (non-hydrogen) atoms. The van der Waals surface area contributed by atoms with Gasteiger partial charge in [0.15, 0.2) is 9.84 Å². The van der Waals surface area contributed by atoms with E-state index in [0.29, 0.717) is 23.1 Å². The Labute approximate surface area is 161 Å². The summed E-state index contributed by atoms with van der Waals surface area (Å²) in [5.41, 5.74) is 1.33. The minimum absolute atomic E-state index is 0.0277. The molecule has 0 saturated carbocycles. The van der Waals surface area contributed by atoms with Crippen molar-refractivity contribution >= 4 is 25.8 Å². The van der Waals surface area contributed by atoms with Crippen LogP contribution in [0.3, 0.4) is 0 Å². The van der Waals surface area contributed by atoms with Crippen LogP contribution in [0.2, 0.25) is 0 Å². The smallest absolute Gasteiger partial charge is 0.225 e. The first-order valence-electron chi connectivity index (χ1n) is 9.51. The van der Waals surface area contributed by atoms with Crippen molar-refractivity contribution in [2.75, 3.05) is 36.8 Å². The van der Waals surface area contributed by atoms with Crippen molar-refractivity contribution in [2.24, 2.45) is 5.92 Å². The average Bonchev–Trinajstić information content (AvgIpc) is 3.09. The molecule has 3 aliphatic heterocycles. The van der Waals surface area contributed by atoms with Crippen molar-refractivity contribution in [3.63, 3.8) is 0 Å². The van der Waals surface area contributed by atoms with Crippen molar-refractivity contribution in [3.05, 3.63) is 17.5 Å². The summed E-state index contributed by atoms with van der Waals surface area (Å²) in [6, 6.07) is 0. The molecule has 0 bridgehead atoms. The van der Waals surface area contributed by atoms with E-state index in [1.54, 1.807) is 13.1 Å². The van der Waals surface area contributed by atoms with Gasteiger partial charge in [0.1, 0.15) is 0 Å². The highest BCUT2D eigenvalue weighted by Gasteiger charge is 2.50. The Bertz CT molecular complexity index is 948. The van der Waals surface area contributed by atoms with Crippen LogP contribution in [0.4, 0.5) is 5.95 Å². The number of nitrogens with zero attached hydrogens (tertiary/aromatic N) is 4. The summed E-state index contributed by atoms with van der Waals surface area (Å²) in [5.74, 6) is 0.655. The summed E-state index contributed by atoms with van der Waals surface area (Å²) >= 11 is 0. The quantitative estimate of drug-likeness (QED) is 0.720. The third-order valence-corrected chi connectivity index (χ3v) is 9.91. The SMILES string of the molecule is CCS(=O)(=O)N1C[C@@H]2c3nc(N4CCC[C@@H](C)C4)ncc3CS(=O)(=O)[C@@H]2C1. The number of anilines is 1. The molecule has 0 unspecified atom stereocenters. The molecule has 0 N–H and O–H groups in total. The summed E-state index contributed by atoms with van der Waals surface area (Å²) < 4.78 is 51.4. The average molecular weight is 415 g/mol. The maximum absolute atomic E-state index is 12.7. The van der Waals surface area contributed by atoms with Crippen LogP contribution in [0.1, 0.15) is 43.9 Å². The molecule has 3 atom stereocenters. The fourth-order valence-corrected chi connectivity index (χ4v) is 7.69. The summed E-state index contributed by atoms with van der Waals surface area (Å²) in [7, 11) is -6.85. The second-order valence-electron chi connectivity index (χ2n) is 7.94. The van der Waals surface area contributed by atoms with Gasteiger partial charge in [-0.15, -0.1) is 0 Å². The topological polar surface area (TPSA) is 101 Å². The highest BCUT2D eigenvalue weighted by molar-refractivity contribution is 7.91. The minimum atomic E-state index is -3.43. The van der Waals surface area contributed by atoms with Gasteiger partial charge in [0.2, 0.25) is 16.0 Å². The molecule has 150 valence electrons. The number of hydrogen-bond acceptors (Lipinski definition) is 7. The normalized spacial score (nSPS) is 30.7. The lowest BCUT2D eigenvalue weighted by atomic mass is 9.99. The molecule has 10 heteroatoms. The van der Waals surface area contributed by atoms with Crippen LogP contribution in [0.25, 0.3) is 0 Å². The van der Waals surface area contributed by atoms with Gasteiger partial charge in [-0.2, -0.15) is 4.31 Å². The molecule has 2 saturated heterocycles. The Kier molecular flexibility index (Phi) is 4.71. The lowest BCUT2D eigenvalue weighted by Crippen LogP contribution is -2.38. The van der Waals surface area contributed by atoms with E-state index in [0.717, 1.165) is 19.5 Å². The predicted octanol–water partition coefficient (Wildman–Crippen LogP) is 0.759. The highest BCUT2D eigenvalue weighted by atomic mass is 32.2. The summed E-state index contributed by atoms with van der Waals surface area (Å²) in [6.07, 6.45) is 3.90. The molecule has 0 amide bonds.